The number of nitrogens with one attached hydrogen (secondary N) is 1. The Kier molecular flexibility index (Phi) is 8.47. The summed E-state index contributed by atoms with van der Waals surface area (Å²) in [7, 11) is 0. The molecule has 3 aromatic rings. The molecular weight excluding hydrogens is 416 g/mol. The van der Waals surface area contributed by atoms with Crippen molar-refractivity contribution in [1.82, 2.24) is 5.43 Å². The molecule has 0 fully saturated rings. The van der Waals surface area contributed by atoms with Gasteiger partial charge in [-0.2, -0.15) is 5.10 Å². The monoisotopic (exact) mass is 446 g/mol. The Hall–Kier alpha value is -3.80. The van der Waals surface area contributed by atoms with Crippen LogP contribution in [0.5, 0.6) is 17.2 Å². The van der Waals surface area contributed by atoms with E-state index in [9.17, 15) is 4.79 Å². The van der Waals surface area contributed by atoms with Crippen LogP contribution >= 0.6 is 0 Å². The van der Waals surface area contributed by atoms with Gasteiger partial charge in [0.1, 0.15) is 0 Å². The lowest BCUT2D eigenvalue weighted by atomic mass is 10.0. The number of hydrazone groups is 1. The van der Waals surface area contributed by atoms with Crippen molar-refractivity contribution in [3.8, 4) is 28.4 Å². The number of rotatable bonds is 10. The smallest absolute Gasteiger partial charge is 0.271 e. The van der Waals surface area contributed by atoms with Crippen LogP contribution in [-0.4, -0.2) is 31.4 Å². The van der Waals surface area contributed by atoms with E-state index >= 15 is 0 Å². The summed E-state index contributed by atoms with van der Waals surface area (Å²) in [6.07, 6.45) is 0. The van der Waals surface area contributed by atoms with E-state index in [0.717, 1.165) is 16.7 Å². The summed E-state index contributed by atoms with van der Waals surface area (Å²) in [6.45, 7) is 8.82. The van der Waals surface area contributed by atoms with Crippen LogP contribution in [0.25, 0.3) is 11.1 Å². The first-order valence-corrected chi connectivity index (χ1v) is 11.1. The number of nitrogens with zero attached hydrogens (tertiary/aromatic N) is 1. The standard InChI is InChI=1S/C27H30N2O4/c1-5-31-24-17-23(18-25(32-6-2)26(24)33-7-3)27(30)29-28-19(4)20-13-15-22(16-14-20)21-11-9-8-10-12-21/h8-18H,5-7H2,1-4H3,(H,29,30)/b28-19+. The first-order chi connectivity index (χ1) is 16.1. The van der Waals surface area contributed by atoms with Crippen molar-refractivity contribution in [2.24, 2.45) is 5.10 Å². The van der Waals surface area contributed by atoms with Gasteiger partial charge in [-0.05, 0) is 56.5 Å². The zero-order valence-electron chi connectivity index (χ0n) is 19.6. The van der Waals surface area contributed by atoms with Crippen molar-refractivity contribution in [2.45, 2.75) is 27.7 Å². The van der Waals surface area contributed by atoms with E-state index < -0.39 is 0 Å². The summed E-state index contributed by atoms with van der Waals surface area (Å²) in [5, 5.41) is 4.29. The summed E-state index contributed by atoms with van der Waals surface area (Å²) in [6, 6.07) is 21.5. The Bertz CT molecular complexity index is 1070. The van der Waals surface area contributed by atoms with Gasteiger partial charge in [0.2, 0.25) is 5.75 Å². The minimum absolute atomic E-state index is 0.361. The van der Waals surface area contributed by atoms with E-state index in [4.69, 9.17) is 14.2 Å². The molecule has 6 nitrogen and oxygen atoms in total. The molecule has 0 saturated heterocycles. The molecule has 172 valence electrons. The van der Waals surface area contributed by atoms with Crippen LogP contribution in [0.15, 0.2) is 71.8 Å². The zero-order chi connectivity index (χ0) is 23.6. The molecule has 0 aromatic heterocycles. The maximum Gasteiger partial charge on any atom is 0.271 e. The molecule has 0 saturated carbocycles. The predicted octanol–water partition coefficient (Wildman–Crippen LogP) is 5.70. The van der Waals surface area contributed by atoms with Crippen LogP contribution in [-0.2, 0) is 0 Å². The van der Waals surface area contributed by atoms with Crippen molar-refractivity contribution in [3.63, 3.8) is 0 Å². The van der Waals surface area contributed by atoms with E-state index in [0.29, 0.717) is 48.3 Å². The molecular formula is C27H30N2O4. The predicted molar refractivity (Wildman–Crippen MR) is 132 cm³/mol. The van der Waals surface area contributed by atoms with Crippen molar-refractivity contribution >= 4 is 11.6 Å². The van der Waals surface area contributed by atoms with Gasteiger partial charge in [0.15, 0.2) is 11.5 Å². The molecule has 0 heterocycles. The summed E-state index contributed by atoms with van der Waals surface area (Å²) >= 11 is 0. The highest BCUT2D eigenvalue weighted by Crippen LogP contribution is 2.39. The molecule has 3 aromatic carbocycles. The summed E-state index contributed by atoms with van der Waals surface area (Å²) in [4.78, 5) is 12.8. The van der Waals surface area contributed by atoms with Crippen molar-refractivity contribution < 1.29 is 19.0 Å². The molecule has 0 aliphatic rings. The topological polar surface area (TPSA) is 69.2 Å². The zero-order valence-corrected chi connectivity index (χ0v) is 19.6. The van der Waals surface area contributed by atoms with Crippen LogP contribution in [0.1, 0.15) is 43.6 Å². The molecule has 3 rings (SSSR count). The molecule has 0 radical (unpaired) electrons. The summed E-state index contributed by atoms with van der Waals surface area (Å²) in [5.74, 6) is 1.07. The Morgan fingerprint density at radius 2 is 1.30 bits per heavy atom. The lowest BCUT2D eigenvalue weighted by molar-refractivity contribution is 0.0953. The van der Waals surface area contributed by atoms with Crippen molar-refractivity contribution in [1.29, 1.82) is 0 Å². The van der Waals surface area contributed by atoms with Crippen LogP contribution in [0.3, 0.4) is 0 Å². The van der Waals surface area contributed by atoms with E-state index in [2.05, 4.69) is 22.7 Å². The SMILES string of the molecule is CCOc1cc(C(=O)N/N=C(\C)c2ccc(-c3ccccc3)cc2)cc(OCC)c1OCC. The first kappa shape index (κ1) is 23.9. The summed E-state index contributed by atoms with van der Waals surface area (Å²) in [5.41, 5.74) is 6.90. The number of ether oxygens (including phenoxy) is 3. The number of hydrogen-bond donors (Lipinski definition) is 1. The van der Waals surface area contributed by atoms with Crippen LogP contribution in [0.2, 0.25) is 0 Å². The van der Waals surface area contributed by atoms with Gasteiger partial charge in [0.05, 0.1) is 25.5 Å². The normalized spacial score (nSPS) is 11.1. The van der Waals surface area contributed by atoms with Crippen molar-refractivity contribution in [3.05, 3.63) is 77.9 Å². The molecule has 0 unspecified atom stereocenters. The lowest BCUT2D eigenvalue weighted by Gasteiger charge is -2.16. The van der Waals surface area contributed by atoms with Crippen molar-refractivity contribution in [2.75, 3.05) is 19.8 Å². The average molecular weight is 447 g/mol. The molecule has 0 aliphatic heterocycles. The minimum Gasteiger partial charge on any atom is -0.490 e. The number of carbonyl (C=O) groups is 1. The maximum absolute atomic E-state index is 12.8. The second-order valence-corrected chi connectivity index (χ2v) is 7.18. The minimum atomic E-state index is -0.361. The second kappa shape index (κ2) is 11.7. The van der Waals surface area contributed by atoms with Crippen LogP contribution in [0.4, 0.5) is 0 Å². The molecule has 6 heteroatoms. The van der Waals surface area contributed by atoms with E-state index in [1.165, 1.54) is 0 Å². The third-order valence-electron chi connectivity index (χ3n) is 4.91. The maximum atomic E-state index is 12.8. The van der Waals surface area contributed by atoms with E-state index in [1.54, 1.807) is 12.1 Å². The summed E-state index contributed by atoms with van der Waals surface area (Å²) < 4.78 is 17.1. The van der Waals surface area contributed by atoms with Crippen LogP contribution < -0.4 is 19.6 Å². The molecule has 0 atom stereocenters. The largest absolute Gasteiger partial charge is 0.490 e. The Labute approximate surface area is 195 Å². The number of carbonyl (C=O) groups excluding carboxylic acids is 1. The molecule has 0 aliphatic carbocycles. The van der Waals surface area contributed by atoms with Crippen LogP contribution in [0, 0.1) is 0 Å². The quantitative estimate of drug-likeness (QED) is 0.320. The van der Waals surface area contributed by atoms with Gasteiger partial charge in [-0.3, -0.25) is 4.79 Å². The van der Waals surface area contributed by atoms with Gasteiger partial charge < -0.3 is 14.2 Å². The molecule has 1 amide bonds. The number of amides is 1. The molecule has 33 heavy (non-hydrogen) atoms. The van der Waals surface area contributed by atoms with Gasteiger partial charge >= 0.3 is 0 Å². The van der Waals surface area contributed by atoms with Gasteiger partial charge in [0, 0.05) is 5.56 Å². The van der Waals surface area contributed by atoms with Gasteiger partial charge in [-0.25, -0.2) is 5.43 Å². The fraction of sp³-hybridized carbons (Fsp3) is 0.259. The number of hydrogen-bond acceptors (Lipinski definition) is 5. The van der Waals surface area contributed by atoms with E-state index in [1.807, 2.05) is 70.2 Å². The van der Waals surface area contributed by atoms with Gasteiger partial charge in [0.25, 0.3) is 5.91 Å². The Morgan fingerprint density at radius 1 is 0.758 bits per heavy atom. The Morgan fingerprint density at radius 3 is 1.85 bits per heavy atom. The highest BCUT2D eigenvalue weighted by molar-refractivity contribution is 6.01. The third-order valence-corrected chi connectivity index (χ3v) is 4.91. The number of benzene rings is 3. The van der Waals surface area contributed by atoms with Gasteiger partial charge in [-0.15, -0.1) is 0 Å². The van der Waals surface area contributed by atoms with E-state index in [-0.39, 0.29) is 5.91 Å². The van der Waals surface area contributed by atoms with Gasteiger partial charge in [-0.1, -0.05) is 54.6 Å². The average Bonchev–Trinajstić information content (AvgIpc) is 2.85. The molecule has 0 bridgehead atoms. The third kappa shape index (κ3) is 6.13. The lowest BCUT2D eigenvalue weighted by Crippen LogP contribution is -2.20. The Balaban J connectivity index is 1.78. The highest BCUT2D eigenvalue weighted by Gasteiger charge is 2.18. The second-order valence-electron chi connectivity index (χ2n) is 7.18. The first-order valence-electron chi connectivity index (χ1n) is 11.1. The fourth-order valence-electron chi connectivity index (χ4n) is 3.32. The highest BCUT2D eigenvalue weighted by atomic mass is 16.5. The fourth-order valence-corrected chi connectivity index (χ4v) is 3.32. The molecule has 1 N–H and O–H groups in total. The molecule has 0 spiro atoms.